The number of hydrogen-bond donors (Lipinski definition) is 1. The van der Waals surface area contributed by atoms with Gasteiger partial charge < -0.3 is 4.52 Å². The van der Waals surface area contributed by atoms with E-state index in [1.165, 1.54) is 0 Å². The normalized spacial score (nSPS) is 10.5. The van der Waals surface area contributed by atoms with E-state index < -0.39 is 0 Å². The zero-order valence-electron chi connectivity index (χ0n) is 7.68. The molecule has 0 spiro atoms. The number of aromatic nitrogens is 2. The molecule has 1 aromatic carbocycles. The second-order valence-electron chi connectivity index (χ2n) is 2.83. The summed E-state index contributed by atoms with van der Waals surface area (Å²) in [7, 11) is 0. The molecule has 15 heavy (non-hydrogen) atoms. The van der Waals surface area contributed by atoms with Gasteiger partial charge in [0.25, 0.3) is 5.89 Å². The average molecular weight is 270 g/mol. The van der Waals surface area contributed by atoms with Crippen molar-refractivity contribution in [3.8, 4) is 11.4 Å². The number of nitrogens with zero attached hydrogens (tertiary/aromatic N) is 2. The van der Waals surface area contributed by atoms with Gasteiger partial charge in [0.2, 0.25) is 5.82 Å². The quantitative estimate of drug-likeness (QED) is 0.862. The first-order chi connectivity index (χ1) is 7.29. The minimum absolute atomic E-state index is 0.112. The molecule has 0 radical (unpaired) electrons. The van der Waals surface area contributed by atoms with Crippen LogP contribution < -0.4 is 5.90 Å². The third kappa shape index (κ3) is 2.41. The minimum atomic E-state index is 0.112. The van der Waals surface area contributed by atoms with Crippen LogP contribution in [0.4, 0.5) is 0 Å². The van der Waals surface area contributed by atoms with Crippen molar-refractivity contribution in [2.45, 2.75) is 6.61 Å². The van der Waals surface area contributed by atoms with Crippen molar-refractivity contribution in [1.82, 2.24) is 10.1 Å². The third-order valence-corrected chi connectivity index (χ3v) is 2.25. The summed E-state index contributed by atoms with van der Waals surface area (Å²) in [6, 6.07) is 7.61. The van der Waals surface area contributed by atoms with Crippen LogP contribution in [0.3, 0.4) is 0 Å². The zero-order chi connectivity index (χ0) is 10.7. The SMILES string of the molecule is NOCc1nc(-c2cccc(Br)c2)no1. The Kier molecular flexibility index (Phi) is 3.10. The van der Waals surface area contributed by atoms with Crippen molar-refractivity contribution in [3.63, 3.8) is 0 Å². The molecule has 0 saturated carbocycles. The number of nitrogens with two attached hydrogens (primary N) is 1. The number of rotatable bonds is 3. The molecule has 0 bridgehead atoms. The zero-order valence-corrected chi connectivity index (χ0v) is 9.27. The van der Waals surface area contributed by atoms with Crippen molar-refractivity contribution >= 4 is 15.9 Å². The molecule has 78 valence electrons. The fraction of sp³-hybridized carbons (Fsp3) is 0.111. The van der Waals surface area contributed by atoms with E-state index in [1.807, 2.05) is 24.3 Å². The predicted molar refractivity (Wildman–Crippen MR) is 56.4 cm³/mol. The number of hydrogen-bond acceptors (Lipinski definition) is 5. The molecule has 0 amide bonds. The second-order valence-corrected chi connectivity index (χ2v) is 3.75. The van der Waals surface area contributed by atoms with Crippen LogP contribution in [0, 0.1) is 0 Å². The fourth-order valence-electron chi connectivity index (χ4n) is 1.13. The Balaban J connectivity index is 2.29. The average Bonchev–Trinajstić information content (AvgIpc) is 2.67. The lowest BCUT2D eigenvalue weighted by Crippen LogP contribution is -1.98. The van der Waals surface area contributed by atoms with Crippen LogP contribution in [0.15, 0.2) is 33.3 Å². The van der Waals surface area contributed by atoms with Gasteiger partial charge in [-0.1, -0.05) is 33.2 Å². The fourth-order valence-corrected chi connectivity index (χ4v) is 1.53. The van der Waals surface area contributed by atoms with Crippen LogP contribution in [0.25, 0.3) is 11.4 Å². The van der Waals surface area contributed by atoms with Crippen molar-refractivity contribution in [2.24, 2.45) is 5.90 Å². The van der Waals surface area contributed by atoms with Crippen molar-refractivity contribution in [3.05, 3.63) is 34.6 Å². The highest BCUT2D eigenvalue weighted by atomic mass is 79.9. The topological polar surface area (TPSA) is 74.2 Å². The van der Waals surface area contributed by atoms with E-state index in [9.17, 15) is 0 Å². The summed E-state index contributed by atoms with van der Waals surface area (Å²) in [4.78, 5) is 8.50. The first-order valence-electron chi connectivity index (χ1n) is 4.20. The van der Waals surface area contributed by atoms with E-state index in [1.54, 1.807) is 0 Å². The summed E-state index contributed by atoms with van der Waals surface area (Å²) in [6.45, 7) is 0.112. The maximum absolute atomic E-state index is 4.92. The molecule has 1 aromatic heterocycles. The smallest absolute Gasteiger partial charge is 0.255 e. The Morgan fingerprint density at radius 2 is 2.33 bits per heavy atom. The first-order valence-corrected chi connectivity index (χ1v) is 4.99. The molecule has 0 aliphatic carbocycles. The Hall–Kier alpha value is -1.24. The maximum Gasteiger partial charge on any atom is 0.255 e. The van der Waals surface area contributed by atoms with Crippen LogP contribution in [0.2, 0.25) is 0 Å². The van der Waals surface area contributed by atoms with E-state index in [-0.39, 0.29) is 6.61 Å². The molecule has 2 N–H and O–H groups in total. The van der Waals surface area contributed by atoms with Gasteiger partial charge in [0.15, 0.2) is 0 Å². The largest absolute Gasteiger partial charge is 0.336 e. The van der Waals surface area contributed by atoms with Gasteiger partial charge in [-0.25, -0.2) is 5.90 Å². The van der Waals surface area contributed by atoms with Crippen LogP contribution >= 0.6 is 15.9 Å². The highest BCUT2D eigenvalue weighted by Crippen LogP contribution is 2.20. The van der Waals surface area contributed by atoms with Gasteiger partial charge in [-0.15, -0.1) is 0 Å². The predicted octanol–water partition coefficient (Wildman–Crippen LogP) is 1.89. The highest BCUT2D eigenvalue weighted by Gasteiger charge is 2.08. The molecule has 2 aromatic rings. The van der Waals surface area contributed by atoms with Gasteiger partial charge >= 0.3 is 0 Å². The lowest BCUT2D eigenvalue weighted by molar-refractivity contribution is 0.0996. The van der Waals surface area contributed by atoms with Crippen LogP contribution in [0.1, 0.15) is 5.89 Å². The molecule has 0 atom stereocenters. The van der Waals surface area contributed by atoms with Gasteiger partial charge in [0, 0.05) is 10.0 Å². The third-order valence-electron chi connectivity index (χ3n) is 1.76. The van der Waals surface area contributed by atoms with Gasteiger partial charge in [-0.05, 0) is 12.1 Å². The number of benzene rings is 1. The van der Waals surface area contributed by atoms with Crippen LogP contribution in [-0.2, 0) is 11.4 Å². The van der Waals surface area contributed by atoms with Crippen molar-refractivity contribution in [2.75, 3.05) is 0 Å². The summed E-state index contributed by atoms with van der Waals surface area (Å²) in [5.74, 6) is 5.77. The van der Waals surface area contributed by atoms with Crippen molar-refractivity contribution in [1.29, 1.82) is 0 Å². The molecule has 0 fully saturated rings. The molecule has 0 saturated heterocycles. The first kappa shape index (κ1) is 10.3. The maximum atomic E-state index is 4.92. The molecular weight excluding hydrogens is 262 g/mol. The van der Waals surface area contributed by atoms with Crippen molar-refractivity contribution < 1.29 is 9.36 Å². The Morgan fingerprint density at radius 3 is 3.07 bits per heavy atom. The Labute approximate surface area is 94.3 Å². The molecule has 2 rings (SSSR count). The molecule has 0 aliphatic heterocycles. The van der Waals surface area contributed by atoms with Gasteiger partial charge in [-0.2, -0.15) is 4.98 Å². The minimum Gasteiger partial charge on any atom is -0.336 e. The summed E-state index contributed by atoms with van der Waals surface area (Å²) in [5, 5.41) is 3.80. The lowest BCUT2D eigenvalue weighted by Gasteiger charge is -1.93. The van der Waals surface area contributed by atoms with Crippen LogP contribution in [0.5, 0.6) is 0 Å². The molecule has 5 nitrogen and oxygen atoms in total. The monoisotopic (exact) mass is 269 g/mol. The van der Waals surface area contributed by atoms with E-state index in [4.69, 9.17) is 10.4 Å². The molecule has 0 aliphatic rings. The summed E-state index contributed by atoms with van der Waals surface area (Å²) in [6.07, 6.45) is 0. The Bertz CT molecular complexity index is 458. The summed E-state index contributed by atoms with van der Waals surface area (Å²) < 4.78 is 5.88. The molecule has 1 heterocycles. The Morgan fingerprint density at radius 1 is 1.47 bits per heavy atom. The van der Waals surface area contributed by atoms with Gasteiger partial charge in [-0.3, -0.25) is 4.84 Å². The summed E-state index contributed by atoms with van der Waals surface area (Å²) >= 11 is 3.37. The summed E-state index contributed by atoms with van der Waals surface area (Å²) in [5.41, 5.74) is 0.872. The standard InChI is InChI=1S/C9H8BrN3O2/c10-7-3-1-2-6(4-7)9-12-8(5-14-11)15-13-9/h1-4H,5,11H2. The van der Waals surface area contributed by atoms with Gasteiger partial charge in [0.05, 0.1) is 0 Å². The number of halogens is 1. The second kappa shape index (κ2) is 4.52. The highest BCUT2D eigenvalue weighted by molar-refractivity contribution is 9.10. The van der Waals surface area contributed by atoms with E-state index in [2.05, 4.69) is 30.9 Å². The molecular formula is C9H8BrN3O2. The molecule has 6 heteroatoms. The van der Waals surface area contributed by atoms with E-state index >= 15 is 0 Å². The molecule has 0 unspecified atom stereocenters. The van der Waals surface area contributed by atoms with E-state index in [0.29, 0.717) is 11.7 Å². The van der Waals surface area contributed by atoms with E-state index in [0.717, 1.165) is 10.0 Å². The lowest BCUT2D eigenvalue weighted by atomic mass is 10.2. The van der Waals surface area contributed by atoms with Gasteiger partial charge in [0.1, 0.15) is 6.61 Å². The van der Waals surface area contributed by atoms with Crippen LogP contribution in [-0.4, -0.2) is 10.1 Å².